The number of thiophene rings is 1. The zero-order chi connectivity index (χ0) is 23.4. The van der Waals surface area contributed by atoms with Crippen LogP contribution in [-0.2, 0) is 4.79 Å². The number of carbonyl (C=O) groups is 2. The highest BCUT2D eigenvalue weighted by Crippen LogP contribution is 2.44. The van der Waals surface area contributed by atoms with E-state index in [1.807, 2.05) is 40.6 Å². The van der Waals surface area contributed by atoms with Crippen molar-refractivity contribution in [2.75, 3.05) is 26.2 Å². The lowest BCUT2D eigenvalue weighted by Crippen LogP contribution is -2.48. The maximum Gasteiger partial charge on any atom is 0.254 e. The first-order valence-corrected chi connectivity index (χ1v) is 13.3. The maximum atomic E-state index is 13.7. The third-order valence-electron chi connectivity index (χ3n) is 6.98. The monoisotopic (exact) mass is 467 g/mol. The summed E-state index contributed by atoms with van der Waals surface area (Å²) in [7, 11) is 0. The van der Waals surface area contributed by atoms with Crippen LogP contribution < -0.4 is 5.32 Å². The fourth-order valence-electron chi connectivity index (χ4n) is 5.34. The average molecular weight is 468 g/mol. The summed E-state index contributed by atoms with van der Waals surface area (Å²) in [6.45, 7) is 10.0. The van der Waals surface area contributed by atoms with Crippen LogP contribution in [0.25, 0.3) is 0 Å². The Morgan fingerprint density at radius 1 is 1.18 bits per heavy atom. The predicted octanol–water partition coefficient (Wildman–Crippen LogP) is 5.07. The molecule has 2 amide bonds. The molecule has 5 nitrogen and oxygen atoms in total. The summed E-state index contributed by atoms with van der Waals surface area (Å²) in [5.41, 5.74) is 1.51. The fourth-order valence-corrected chi connectivity index (χ4v) is 6.21. The number of carbonyl (C=O) groups excluding carboxylic acids is 2. The van der Waals surface area contributed by atoms with Crippen LogP contribution in [0.3, 0.4) is 0 Å². The van der Waals surface area contributed by atoms with E-state index >= 15 is 0 Å². The highest BCUT2D eigenvalue weighted by molar-refractivity contribution is 7.10. The summed E-state index contributed by atoms with van der Waals surface area (Å²) in [5, 5.41) is 5.26. The van der Waals surface area contributed by atoms with Gasteiger partial charge in [-0.2, -0.15) is 0 Å². The van der Waals surface area contributed by atoms with Crippen molar-refractivity contribution in [3.63, 3.8) is 0 Å². The summed E-state index contributed by atoms with van der Waals surface area (Å²) in [5.74, 6) is -0.0308. The molecule has 2 aromatic rings. The first kappa shape index (κ1) is 24.0. The molecule has 1 fully saturated rings. The number of amides is 2. The van der Waals surface area contributed by atoms with Crippen LogP contribution in [0.5, 0.6) is 0 Å². The van der Waals surface area contributed by atoms with Crippen LogP contribution in [0.1, 0.15) is 79.2 Å². The Hall–Kier alpha value is -2.18. The minimum atomic E-state index is -0.398. The molecule has 0 bridgehead atoms. The Morgan fingerprint density at radius 2 is 2.00 bits per heavy atom. The topological polar surface area (TPSA) is 52.7 Å². The molecule has 0 spiro atoms. The smallest absolute Gasteiger partial charge is 0.254 e. The van der Waals surface area contributed by atoms with Gasteiger partial charge in [0.25, 0.3) is 5.91 Å². The normalized spacial score (nSPS) is 23.6. The Morgan fingerprint density at radius 3 is 2.73 bits per heavy atom. The van der Waals surface area contributed by atoms with Crippen LogP contribution in [0, 0.1) is 5.92 Å². The van der Waals surface area contributed by atoms with E-state index in [2.05, 4.69) is 37.1 Å². The lowest BCUT2D eigenvalue weighted by atomic mass is 9.81. The number of nitrogens with one attached hydrogen (secondary N) is 1. The molecule has 1 saturated heterocycles. The first-order chi connectivity index (χ1) is 16.0. The van der Waals surface area contributed by atoms with Gasteiger partial charge < -0.3 is 15.1 Å². The number of piperidine rings is 1. The van der Waals surface area contributed by atoms with E-state index in [1.165, 1.54) is 19.3 Å². The third-order valence-corrected chi connectivity index (χ3v) is 7.92. The number of fused-ring (bicyclic) bond motifs is 1. The molecule has 0 aliphatic carbocycles. The Kier molecular flexibility index (Phi) is 7.86. The minimum Gasteiger partial charge on any atom is -0.355 e. The standard InChI is InChI=1S/C27H37N3O2S/c1-19(2)18-30-25(23-13-8-17-33-23)24(21-11-4-5-12-22(21)27(30)32)26(31)28-14-9-16-29-15-7-6-10-20(29)3/h4-5,8,11-13,17,19-20,24-25H,6-7,9-10,14-16,18H2,1-3H3,(H,28,31)/t20-,24-,25-/m0/s1. The van der Waals surface area contributed by atoms with Gasteiger partial charge in [-0.05, 0) is 61.7 Å². The van der Waals surface area contributed by atoms with Gasteiger partial charge in [0.05, 0.1) is 12.0 Å². The molecule has 1 aromatic carbocycles. The molecule has 3 heterocycles. The van der Waals surface area contributed by atoms with Gasteiger partial charge >= 0.3 is 0 Å². The highest BCUT2D eigenvalue weighted by Gasteiger charge is 2.44. The number of likely N-dealkylation sites (tertiary alicyclic amines) is 1. The first-order valence-electron chi connectivity index (χ1n) is 12.4. The molecule has 1 aromatic heterocycles. The minimum absolute atomic E-state index is 0.0220. The zero-order valence-corrected chi connectivity index (χ0v) is 20.9. The molecule has 2 aliphatic rings. The lowest BCUT2D eigenvalue weighted by Gasteiger charge is -2.42. The number of benzene rings is 1. The third kappa shape index (κ3) is 5.33. The van der Waals surface area contributed by atoms with Crippen molar-refractivity contribution >= 4 is 23.2 Å². The Balaban J connectivity index is 1.54. The van der Waals surface area contributed by atoms with Crippen molar-refractivity contribution in [1.29, 1.82) is 0 Å². The lowest BCUT2D eigenvalue weighted by molar-refractivity contribution is -0.124. The molecule has 3 atom stereocenters. The van der Waals surface area contributed by atoms with Crippen LogP contribution in [0.2, 0.25) is 0 Å². The molecule has 0 unspecified atom stereocenters. The second kappa shape index (κ2) is 10.8. The second-order valence-corrected chi connectivity index (χ2v) is 10.9. The van der Waals surface area contributed by atoms with E-state index < -0.39 is 5.92 Å². The van der Waals surface area contributed by atoms with E-state index in [1.54, 1.807) is 11.3 Å². The molecule has 0 saturated carbocycles. The van der Waals surface area contributed by atoms with Crippen LogP contribution >= 0.6 is 11.3 Å². The molecule has 33 heavy (non-hydrogen) atoms. The second-order valence-electron chi connectivity index (χ2n) is 9.90. The van der Waals surface area contributed by atoms with Crippen LogP contribution in [0.15, 0.2) is 41.8 Å². The quantitative estimate of drug-likeness (QED) is 0.552. The van der Waals surface area contributed by atoms with Crippen molar-refractivity contribution in [3.8, 4) is 0 Å². The number of hydrogen-bond acceptors (Lipinski definition) is 4. The SMILES string of the molecule is CC(C)CN1C(=O)c2ccccc2[C@H](C(=O)NCCCN2CCCC[C@@H]2C)[C@@H]1c1cccs1. The summed E-state index contributed by atoms with van der Waals surface area (Å²) in [6.07, 6.45) is 4.82. The summed E-state index contributed by atoms with van der Waals surface area (Å²) in [4.78, 5) is 32.7. The zero-order valence-electron chi connectivity index (χ0n) is 20.1. The van der Waals surface area contributed by atoms with Crippen LogP contribution in [0.4, 0.5) is 0 Å². The number of nitrogens with zero attached hydrogens (tertiary/aromatic N) is 2. The molecule has 0 radical (unpaired) electrons. The van der Waals surface area contributed by atoms with Crippen molar-refractivity contribution < 1.29 is 9.59 Å². The van der Waals surface area contributed by atoms with E-state index in [0.29, 0.717) is 30.6 Å². The van der Waals surface area contributed by atoms with Gasteiger partial charge in [-0.15, -0.1) is 11.3 Å². The average Bonchev–Trinajstić information content (AvgIpc) is 3.33. The van der Waals surface area contributed by atoms with Crippen molar-refractivity contribution in [2.24, 2.45) is 5.92 Å². The van der Waals surface area contributed by atoms with Crippen molar-refractivity contribution in [1.82, 2.24) is 15.1 Å². The van der Waals surface area contributed by atoms with Crippen molar-refractivity contribution in [3.05, 3.63) is 57.8 Å². The summed E-state index contributed by atoms with van der Waals surface area (Å²) < 4.78 is 0. The Bertz CT molecular complexity index is 943. The van der Waals surface area contributed by atoms with Gasteiger partial charge in [-0.3, -0.25) is 9.59 Å². The Labute approximate surface area is 202 Å². The molecule has 6 heteroatoms. The number of hydrogen-bond donors (Lipinski definition) is 1. The molecular weight excluding hydrogens is 430 g/mol. The maximum absolute atomic E-state index is 13.7. The van der Waals surface area contributed by atoms with Gasteiger partial charge in [-0.1, -0.05) is 44.5 Å². The van der Waals surface area contributed by atoms with E-state index in [9.17, 15) is 9.59 Å². The van der Waals surface area contributed by atoms with Crippen molar-refractivity contribution in [2.45, 2.75) is 64.5 Å². The summed E-state index contributed by atoms with van der Waals surface area (Å²) >= 11 is 1.62. The number of rotatable bonds is 8. The van der Waals surface area contributed by atoms with E-state index in [0.717, 1.165) is 30.0 Å². The molecule has 2 aliphatic heterocycles. The predicted molar refractivity (Wildman–Crippen MR) is 135 cm³/mol. The molecular formula is C27H37N3O2S. The highest BCUT2D eigenvalue weighted by atomic mass is 32.1. The van der Waals surface area contributed by atoms with Crippen LogP contribution in [-0.4, -0.2) is 53.8 Å². The van der Waals surface area contributed by atoms with Gasteiger partial charge in [0.1, 0.15) is 0 Å². The van der Waals surface area contributed by atoms with Gasteiger partial charge in [-0.25, -0.2) is 0 Å². The van der Waals surface area contributed by atoms with Gasteiger partial charge in [0.15, 0.2) is 0 Å². The van der Waals surface area contributed by atoms with E-state index in [-0.39, 0.29) is 17.9 Å². The largest absolute Gasteiger partial charge is 0.355 e. The molecule has 4 rings (SSSR count). The van der Waals surface area contributed by atoms with E-state index in [4.69, 9.17) is 0 Å². The van der Waals surface area contributed by atoms with Gasteiger partial charge in [0.2, 0.25) is 5.91 Å². The van der Waals surface area contributed by atoms with Gasteiger partial charge in [0, 0.05) is 36.1 Å². The summed E-state index contributed by atoms with van der Waals surface area (Å²) in [6, 6.07) is 12.1. The molecule has 178 valence electrons. The fraction of sp³-hybridized carbons (Fsp3) is 0.556. The molecule has 1 N–H and O–H groups in total.